The summed E-state index contributed by atoms with van der Waals surface area (Å²) >= 11 is 1.77. The summed E-state index contributed by atoms with van der Waals surface area (Å²) in [6.45, 7) is 0.657. The molecule has 1 aliphatic heterocycles. The molecule has 3 rings (SSSR count). The van der Waals surface area contributed by atoms with Gasteiger partial charge in [0.25, 0.3) is 0 Å². The van der Waals surface area contributed by atoms with Crippen molar-refractivity contribution in [3.05, 3.63) is 42.1 Å². The lowest BCUT2D eigenvalue weighted by Crippen LogP contribution is -2.31. The molecule has 4 heteroatoms. The van der Waals surface area contributed by atoms with Gasteiger partial charge in [0.1, 0.15) is 6.10 Å². The van der Waals surface area contributed by atoms with Gasteiger partial charge in [0.15, 0.2) is 5.78 Å². The van der Waals surface area contributed by atoms with Gasteiger partial charge in [-0.15, -0.1) is 0 Å². The second-order valence-corrected chi connectivity index (χ2v) is 5.32. The molecule has 1 aliphatic rings. The Morgan fingerprint density at radius 3 is 3.11 bits per heavy atom. The third-order valence-electron chi connectivity index (χ3n) is 3.02. The highest BCUT2D eigenvalue weighted by Crippen LogP contribution is 2.22. The third kappa shape index (κ3) is 2.13. The van der Waals surface area contributed by atoms with E-state index >= 15 is 0 Å². The van der Waals surface area contributed by atoms with Crippen LogP contribution < -0.4 is 0 Å². The highest BCUT2D eigenvalue weighted by atomic mass is 32.2. The zero-order chi connectivity index (χ0) is 12.4. The molecule has 0 N–H and O–H groups in total. The number of benzene rings is 1. The number of thioether (sulfide) groups is 1. The molecule has 1 unspecified atom stereocenters. The summed E-state index contributed by atoms with van der Waals surface area (Å²) in [4.78, 5) is 16.7. The van der Waals surface area contributed by atoms with Gasteiger partial charge in [-0.2, -0.15) is 11.8 Å². The summed E-state index contributed by atoms with van der Waals surface area (Å²) < 4.78 is 5.55. The van der Waals surface area contributed by atoms with Gasteiger partial charge in [-0.3, -0.25) is 9.78 Å². The van der Waals surface area contributed by atoms with Crippen molar-refractivity contribution in [1.29, 1.82) is 0 Å². The number of aromatic nitrogens is 1. The number of rotatable bonds is 2. The van der Waals surface area contributed by atoms with Crippen LogP contribution in [-0.2, 0) is 4.74 Å². The molecule has 0 spiro atoms. The molecule has 0 amide bonds. The number of Topliss-reactive ketones (excluding diaryl/α,β-unsaturated/α-hetero) is 1. The van der Waals surface area contributed by atoms with Gasteiger partial charge in [-0.25, -0.2) is 0 Å². The van der Waals surface area contributed by atoms with Crippen LogP contribution in [0.2, 0.25) is 0 Å². The smallest absolute Gasteiger partial charge is 0.193 e. The number of ether oxygens (including phenoxy) is 1. The van der Waals surface area contributed by atoms with E-state index in [1.807, 2.05) is 30.3 Å². The molecule has 18 heavy (non-hydrogen) atoms. The Hall–Kier alpha value is -1.39. The summed E-state index contributed by atoms with van der Waals surface area (Å²) in [6.07, 6.45) is 1.43. The van der Waals surface area contributed by atoms with E-state index < -0.39 is 0 Å². The summed E-state index contributed by atoms with van der Waals surface area (Å²) in [5, 5.41) is 0.907. The second-order valence-electron chi connectivity index (χ2n) is 4.17. The molecule has 1 fully saturated rings. The minimum Gasteiger partial charge on any atom is -0.368 e. The topological polar surface area (TPSA) is 39.2 Å². The van der Waals surface area contributed by atoms with E-state index in [2.05, 4.69) is 4.98 Å². The van der Waals surface area contributed by atoms with E-state index in [-0.39, 0.29) is 11.9 Å². The lowest BCUT2D eigenvalue weighted by molar-refractivity contribution is 0.0520. The van der Waals surface area contributed by atoms with Crippen LogP contribution in [-0.4, -0.2) is 35.0 Å². The first-order valence-electron chi connectivity index (χ1n) is 5.93. The Bertz CT molecular complexity index is 574. The standard InChI is InChI=1S/C14H13NO2S/c16-14(13-9-18-8-7-17-13)11-3-1-5-12-10(11)4-2-6-15-12/h1-6,13H,7-9H2. The van der Waals surface area contributed by atoms with Crippen LogP contribution in [0.3, 0.4) is 0 Å². The molecule has 3 nitrogen and oxygen atoms in total. The van der Waals surface area contributed by atoms with Crippen molar-refractivity contribution in [1.82, 2.24) is 4.98 Å². The number of hydrogen-bond donors (Lipinski definition) is 0. The summed E-state index contributed by atoms with van der Waals surface area (Å²) in [6, 6.07) is 9.44. The minimum atomic E-state index is -0.311. The first-order valence-corrected chi connectivity index (χ1v) is 7.09. The van der Waals surface area contributed by atoms with Gasteiger partial charge < -0.3 is 4.74 Å². The lowest BCUT2D eigenvalue weighted by Gasteiger charge is -2.21. The molecule has 0 saturated carbocycles. The normalized spacial score (nSPS) is 19.9. The first kappa shape index (κ1) is 11.7. The summed E-state index contributed by atoms with van der Waals surface area (Å²) in [5.74, 6) is 1.79. The molecule has 2 heterocycles. The first-order chi connectivity index (χ1) is 8.86. The van der Waals surface area contributed by atoms with Gasteiger partial charge in [-0.05, 0) is 12.1 Å². The van der Waals surface area contributed by atoms with Gasteiger partial charge in [0.2, 0.25) is 0 Å². The highest BCUT2D eigenvalue weighted by molar-refractivity contribution is 7.99. The largest absolute Gasteiger partial charge is 0.368 e. The Labute approximate surface area is 110 Å². The fraction of sp³-hybridized carbons (Fsp3) is 0.286. The van der Waals surface area contributed by atoms with Crippen LogP contribution in [0.5, 0.6) is 0 Å². The maximum absolute atomic E-state index is 12.4. The van der Waals surface area contributed by atoms with Crippen molar-refractivity contribution in [2.75, 3.05) is 18.1 Å². The molecule has 0 radical (unpaired) electrons. The molecule has 0 aliphatic carbocycles. The van der Waals surface area contributed by atoms with Crippen molar-refractivity contribution in [3.8, 4) is 0 Å². The fourth-order valence-corrected chi connectivity index (χ4v) is 2.97. The molecule has 1 aromatic heterocycles. The number of ketones is 1. The molecule has 2 aromatic rings. The van der Waals surface area contributed by atoms with Gasteiger partial charge >= 0.3 is 0 Å². The van der Waals surface area contributed by atoms with Crippen molar-refractivity contribution in [3.63, 3.8) is 0 Å². The predicted octanol–water partition coefficient (Wildman–Crippen LogP) is 2.55. The number of nitrogens with zero attached hydrogens (tertiary/aromatic N) is 1. The van der Waals surface area contributed by atoms with E-state index in [9.17, 15) is 4.79 Å². The van der Waals surface area contributed by atoms with Gasteiger partial charge in [-0.1, -0.05) is 18.2 Å². The number of pyridine rings is 1. The third-order valence-corrected chi connectivity index (χ3v) is 4.01. The maximum Gasteiger partial charge on any atom is 0.193 e. The average molecular weight is 259 g/mol. The Morgan fingerprint density at radius 2 is 2.28 bits per heavy atom. The number of carbonyl (C=O) groups is 1. The highest BCUT2D eigenvalue weighted by Gasteiger charge is 2.24. The van der Waals surface area contributed by atoms with Gasteiger partial charge in [0, 0.05) is 28.7 Å². The molecule has 1 aromatic carbocycles. The Kier molecular flexibility index (Phi) is 3.30. The summed E-state index contributed by atoms with van der Waals surface area (Å²) in [5.41, 5.74) is 1.57. The van der Waals surface area contributed by atoms with E-state index in [1.54, 1.807) is 18.0 Å². The molecule has 92 valence electrons. The minimum absolute atomic E-state index is 0.0702. The van der Waals surface area contributed by atoms with E-state index in [0.717, 1.165) is 22.4 Å². The SMILES string of the molecule is O=C(c1cccc2ncccc12)C1CSCCO1. The van der Waals surface area contributed by atoms with Crippen LogP contribution >= 0.6 is 11.8 Å². The second kappa shape index (κ2) is 5.08. The maximum atomic E-state index is 12.4. The number of fused-ring (bicyclic) bond motifs is 1. The zero-order valence-corrected chi connectivity index (χ0v) is 10.7. The van der Waals surface area contributed by atoms with Crippen molar-refractivity contribution in [2.45, 2.75) is 6.10 Å². The average Bonchev–Trinajstić information content (AvgIpc) is 2.47. The zero-order valence-electron chi connectivity index (χ0n) is 9.83. The van der Waals surface area contributed by atoms with Crippen molar-refractivity contribution in [2.24, 2.45) is 0 Å². The Morgan fingerprint density at radius 1 is 1.33 bits per heavy atom. The monoisotopic (exact) mass is 259 g/mol. The van der Waals surface area contributed by atoms with Crippen LogP contribution in [0.25, 0.3) is 10.9 Å². The fourth-order valence-electron chi connectivity index (χ4n) is 2.13. The molecule has 1 atom stereocenters. The predicted molar refractivity (Wildman–Crippen MR) is 73.1 cm³/mol. The number of carbonyl (C=O) groups excluding carboxylic acids is 1. The van der Waals surface area contributed by atoms with Crippen LogP contribution in [0, 0.1) is 0 Å². The van der Waals surface area contributed by atoms with Crippen LogP contribution in [0.15, 0.2) is 36.5 Å². The summed E-state index contributed by atoms with van der Waals surface area (Å²) in [7, 11) is 0. The molecule has 1 saturated heterocycles. The molecular weight excluding hydrogens is 246 g/mol. The van der Waals surface area contributed by atoms with Crippen molar-refractivity contribution >= 4 is 28.4 Å². The van der Waals surface area contributed by atoms with Crippen LogP contribution in [0.4, 0.5) is 0 Å². The van der Waals surface area contributed by atoms with E-state index in [1.165, 1.54) is 0 Å². The molecule has 0 bridgehead atoms. The van der Waals surface area contributed by atoms with Gasteiger partial charge in [0.05, 0.1) is 12.1 Å². The number of hydrogen-bond acceptors (Lipinski definition) is 4. The quantitative estimate of drug-likeness (QED) is 0.777. The van der Waals surface area contributed by atoms with Crippen LogP contribution in [0.1, 0.15) is 10.4 Å². The van der Waals surface area contributed by atoms with E-state index in [0.29, 0.717) is 12.2 Å². The van der Waals surface area contributed by atoms with E-state index in [4.69, 9.17) is 4.74 Å². The van der Waals surface area contributed by atoms with Crippen molar-refractivity contribution < 1.29 is 9.53 Å². The molecular formula is C14H13NO2S. The lowest BCUT2D eigenvalue weighted by atomic mass is 10.0. The Balaban J connectivity index is 2.00.